The fourth-order valence-electron chi connectivity index (χ4n) is 2.61. The van der Waals surface area contributed by atoms with Gasteiger partial charge in [-0.2, -0.15) is 10.5 Å². The fourth-order valence-corrected chi connectivity index (χ4v) is 3.21. The average Bonchev–Trinajstić information content (AvgIpc) is 2.58. The van der Waals surface area contributed by atoms with Gasteiger partial charge in [-0.05, 0) is 28.1 Å². The molecule has 0 saturated carbocycles. The van der Waals surface area contributed by atoms with Crippen molar-refractivity contribution in [2.24, 2.45) is 4.99 Å². The number of fused-ring (bicyclic) bond motifs is 1. The number of hydrogen-bond donors (Lipinski definition) is 5. The molecule has 1 aromatic heterocycles. The molecule has 9 nitrogen and oxygen atoms in total. The molecule has 130 valence electrons. The van der Waals surface area contributed by atoms with Crippen molar-refractivity contribution in [2.45, 2.75) is 6.04 Å². The van der Waals surface area contributed by atoms with Gasteiger partial charge in [-0.3, -0.25) is 5.32 Å². The highest BCUT2D eigenvalue weighted by Crippen LogP contribution is 2.47. The summed E-state index contributed by atoms with van der Waals surface area (Å²) in [5, 5.41) is 34.1. The van der Waals surface area contributed by atoms with Crippen LogP contribution in [0.4, 0.5) is 17.3 Å². The number of nitrogens with two attached hydrogens (primary N) is 2. The monoisotopic (exact) mass is 432 g/mol. The second kappa shape index (κ2) is 6.59. The molecule has 1 aromatic carbocycles. The normalized spacial score (nSPS) is 15.1. The predicted octanol–water partition coefficient (Wildman–Crippen LogP) is 2.18. The number of phenolic OH excluding ortho intramolecular Hbond substituents is 1. The molecule has 3 rings (SSSR count). The quantitative estimate of drug-likeness (QED) is 0.336. The summed E-state index contributed by atoms with van der Waals surface area (Å²) >= 11 is 9.51. The van der Waals surface area contributed by atoms with Gasteiger partial charge in [-0.25, -0.2) is 9.98 Å². The molecule has 11 heteroatoms. The zero-order valence-corrected chi connectivity index (χ0v) is 15.2. The SMILES string of the molecule is N#CNC1=NC(c2c(Cl)ccc(Br)c2O)c2c(nc(N)c(C#N)c2N)N1. The van der Waals surface area contributed by atoms with Gasteiger partial charge in [0.25, 0.3) is 0 Å². The first kappa shape index (κ1) is 17.6. The number of nitrogens with one attached hydrogen (secondary N) is 2. The minimum Gasteiger partial charge on any atom is -0.506 e. The third-order valence-electron chi connectivity index (χ3n) is 3.75. The van der Waals surface area contributed by atoms with E-state index in [-0.39, 0.29) is 45.2 Å². The number of guanidine groups is 1. The summed E-state index contributed by atoms with van der Waals surface area (Å²) in [6.45, 7) is 0. The van der Waals surface area contributed by atoms with E-state index in [0.29, 0.717) is 10.0 Å². The molecule has 0 bridgehead atoms. The molecule has 1 atom stereocenters. The van der Waals surface area contributed by atoms with Gasteiger partial charge in [0.15, 0.2) is 6.19 Å². The Morgan fingerprint density at radius 1 is 1.31 bits per heavy atom. The van der Waals surface area contributed by atoms with E-state index in [0.717, 1.165) is 0 Å². The number of nitrogens with zero attached hydrogens (tertiary/aromatic N) is 4. The summed E-state index contributed by atoms with van der Waals surface area (Å²) in [6, 6.07) is 4.12. The van der Waals surface area contributed by atoms with E-state index >= 15 is 0 Å². The van der Waals surface area contributed by atoms with Crippen LogP contribution in [0.25, 0.3) is 0 Å². The van der Waals surface area contributed by atoms with Crippen LogP contribution in [0.2, 0.25) is 5.02 Å². The molecule has 0 spiro atoms. The van der Waals surface area contributed by atoms with Crippen LogP contribution >= 0.6 is 27.5 Å². The third-order valence-corrected chi connectivity index (χ3v) is 4.72. The molecule has 0 amide bonds. The number of aromatic hydroxyl groups is 1. The van der Waals surface area contributed by atoms with Gasteiger partial charge in [-0.1, -0.05) is 11.6 Å². The first-order valence-electron chi connectivity index (χ1n) is 7.04. The van der Waals surface area contributed by atoms with Gasteiger partial charge in [0.05, 0.1) is 15.2 Å². The van der Waals surface area contributed by atoms with Crippen LogP contribution in [0.15, 0.2) is 21.6 Å². The molecule has 1 unspecified atom stereocenters. The average molecular weight is 434 g/mol. The Labute approximate surface area is 161 Å². The van der Waals surface area contributed by atoms with E-state index in [4.69, 9.17) is 28.3 Å². The minimum absolute atomic E-state index is 0.00643. The number of nitriles is 2. The molecule has 2 aromatic rings. The fraction of sp³-hybridized carbons (Fsp3) is 0.0667. The molecule has 0 radical (unpaired) electrons. The minimum atomic E-state index is -0.924. The maximum Gasteiger partial charge on any atom is 0.211 e. The molecule has 1 aliphatic rings. The Morgan fingerprint density at radius 3 is 2.69 bits per heavy atom. The van der Waals surface area contributed by atoms with Gasteiger partial charge in [0, 0.05) is 11.1 Å². The largest absolute Gasteiger partial charge is 0.506 e. The summed E-state index contributed by atoms with van der Waals surface area (Å²) in [6.07, 6.45) is 1.74. The summed E-state index contributed by atoms with van der Waals surface area (Å²) in [4.78, 5) is 8.48. The topological polar surface area (TPSA) is 169 Å². The number of halogens is 2. The van der Waals surface area contributed by atoms with Crippen LogP contribution in [0, 0.1) is 22.8 Å². The smallest absolute Gasteiger partial charge is 0.211 e. The van der Waals surface area contributed by atoms with Crippen LogP contribution in [-0.2, 0) is 0 Å². The van der Waals surface area contributed by atoms with Crippen molar-refractivity contribution in [1.29, 1.82) is 10.5 Å². The standard InChI is InChI=1S/C15H10BrClN8O/c16-6-1-2-7(17)8(12(6)26)11-9-10(20)5(3-18)13(21)24-14(9)25-15(23-11)22-4-19/h1-2,11,26H,(H6,20,21,22,23,24,25). The van der Waals surface area contributed by atoms with Crippen molar-refractivity contribution in [3.05, 3.63) is 38.3 Å². The zero-order chi connectivity index (χ0) is 19.0. The summed E-state index contributed by atoms with van der Waals surface area (Å²) in [5.41, 5.74) is 12.5. The Balaban J connectivity index is 2.35. The predicted molar refractivity (Wildman–Crippen MR) is 100 cm³/mol. The molecule has 26 heavy (non-hydrogen) atoms. The van der Waals surface area contributed by atoms with Crippen molar-refractivity contribution >= 4 is 50.8 Å². The molecular formula is C15H10BrClN8O. The highest BCUT2D eigenvalue weighted by Gasteiger charge is 2.33. The number of hydrogen-bond acceptors (Lipinski definition) is 9. The lowest BCUT2D eigenvalue weighted by Crippen LogP contribution is -2.32. The second-order valence-corrected chi connectivity index (χ2v) is 6.45. The Morgan fingerprint density at radius 2 is 2.04 bits per heavy atom. The van der Waals surface area contributed by atoms with E-state index in [1.54, 1.807) is 18.3 Å². The number of phenols is 1. The van der Waals surface area contributed by atoms with E-state index in [1.165, 1.54) is 0 Å². The Bertz CT molecular complexity index is 1040. The van der Waals surface area contributed by atoms with Crippen LogP contribution in [-0.4, -0.2) is 16.1 Å². The molecular weight excluding hydrogens is 424 g/mol. The van der Waals surface area contributed by atoms with Crippen molar-refractivity contribution < 1.29 is 5.11 Å². The molecule has 0 aliphatic carbocycles. The maximum absolute atomic E-state index is 10.5. The van der Waals surface area contributed by atoms with E-state index < -0.39 is 6.04 Å². The molecule has 0 fully saturated rings. The van der Waals surface area contributed by atoms with Crippen LogP contribution in [0.1, 0.15) is 22.7 Å². The number of rotatable bonds is 1. The summed E-state index contributed by atoms with van der Waals surface area (Å²) in [7, 11) is 0. The second-order valence-electron chi connectivity index (χ2n) is 5.19. The number of benzene rings is 1. The van der Waals surface area contributed by atoms with E-state index in [2.05, 4.69) is 36.5 Å². The lowest BCUT2D eigenvalue weighted by molar-refractivity contribution is 0.462. The van der Waals surface area contributed by atoms with Gasteiger partial charge in [0.2, 0.25) is 5.96 Å². The van der Waals surface area contributed by atoms with Crippen molar-refractivity contribution in [3.8, 4) is 18.0 Å². The van der Waals surface area contributed by atoms with Crippen molar-refractivity contribution in [3.63, 3.8) is 0 Å². The number of nitrogen functional groups attached to an aromatic ring is 2. The number of pyridine rings is 1. The molecule has 7 N–H and O–H groups in total. The maximum atomic E-state index is 10.5. The molecule has 0 saturated heterocycles. The van der Waals surface area contributed by atoms with Crippen LogP contribution < -0.4 is 22.1 Å². The molecule has 2 heterocycles. The third kappa shape index (κ3) is 2.71. The summed E-state index contributed by atoms with van der Waals surface area (Å²) in [5.74, 6) is 0.0477. The van der Waals surface area contributed by atoms with Gasteiger partial charge in [0.1, 0.15) is 35.1 Å². The van der Waals surface area contributed by atoms with Crippen molar-refractivity contribution in [2.75, 3.05) is 16.8 Å². The van der Waals surface area contributed by atoms with Gasteiger partial charge in [-0.15, -0.1) is 0 Å². The number of aromatic nitrogens is 1. The highest BCUT2D eigenvalue weighted by atomic mass is 79.9. The van der Waals surface area contributed by atoms with Gasteiger partial charge >= 0.3 is 0 Å². The van der Waals surface area contributed by atoms with Gasteiger partial charge < -0.3 is 21.9 Å². The van der Waals surface area contributed by atoms with Crippen molar-refractivity contribution in [1.82, 2.24) is 10.3 Å². The van der Waals surface area contributed by atoms with Crippen LogP contribution in [0.3, 0.4) is 0 Å². The number of aliphatic imine (C=N–C) groups is 1. The van der Waals surface area contributed by atoms with E-state index in [9.17, 15) is 10.4 Å². The van der Waals surface area contributed by atoms with E-state index in [1.807, 2.05) is 6.07 Å². The highest BCUT2D eigenvalue weighted by molar-refractivity contribution is 9.10. The Hall–Kier alpha value is -3.21. The Kier molecular flexibility index (Phi) is 4.47. The molecule has 1 aliphatic heterocycles. The first-order chi connectivity index (χ1) is 12.4. The summed E-state index contributed by atoms with van der Waals surface area (Å²) < 4.78 is 0.393. The first-order valence-corrected chi connectivity index (χ1v) is 8.21. The zero-order valence-electron chi connectivity index (χ0n) is 12.9. The van der Waals surface area contributed by atoms with Crippen LogP contribution in [0.5, 0.6) is 5.75 Å². The number of anilines is 3. The lowest BCUT2D eigenvalue weighted by atomic mass is 9.94. The lowest BCUT2D eigenvalue weighted by Gasteiger charge is -2.27.